The van der Waals surface area contributed by atoms with E-state index in [9.17, 15) is 19.7 Å². The van der Waals surface area contributed by atoms with Gasteiger partial charge in [-0.05, 0) is 140 Å². The summed E-state index contributed by atoms with van der Waals surface area (Å²) in [5.41, 5.74) is 11.7. The number of aromatic nitrogens is 5. The Hall–Kier alpha value is -8.46. The summed E-state index contributed by atoms with van der Waals surface area (Å²) >= 11 is 33.5. The summed E-state index contributed by atoms with van der Waals surface area (Å²) in [7, 11) is 0. The van der Waals surface area contributed by atoms with Crippen molar-refractivity contribution in [2.45, 2.75) is 27.0 Å². The lowest BCUT2D eigenvalue weighted by Crippen LogP contribution is -2.12. The number of hydrogen-bond acceptors (Lipinski definition) is 13. The third-order valence-electron chi connectivity index (χ3n) is 11.2. The van der Waals surface area contributed by atoms with Crippen LogP contribution in [0.4, 0.5) is 17.1 Å². The van der Waals surface area contributed by atoms with Crippen LogP contribution in [-0.4, -0.2) is 46.8 Å². The van der Waals surface area contributed by atoms with Crippen LogP contribution in [0, 0.1) is 10.1 Å². The lowest BCUT2D eigenvalue weighted by Gasteiger charge is -2.06. The van der Waals surface area contributed by atoms with E-state index in [1.165, 1.54) is 43.1 Å². The van der Waals surface area contributed by atoms with Gasteiger partial charge in [-0.15, -0.1) is 0 Å². The Morgan fingerprint density at radius 1 is 0.556 bits per heavy atom. The molecule has 6 N–H and O–H groups in total. The number of fused-ring (bicyclic) bond motifs is 2. The normalized spacial score (nSPS) is 10.6. The van der Waals surface area contributed by atoms with Gasteiger partial charge in [0.2, 0.25) is 0 Å². The number of carboxylic acids is 1. The monoisotopic (exact) mass is 1220 g/mol. The molecule has 12 aromatic rings. The number of nitro benzene ring substituents is 1. The molecule has 81 heavy (non-hydrogen) atoms. The summed E-state index contributed by atoms with van der Waals surface area (Å²) in [6.45, 7) is 0. The molecule has 1 amide bonds. The van der Waals surface area contributed by atoms with E-state index in [0.29, 0.717) is 53.5 Å². The van der Waals surface area contributed by atoms with Crippen molar-refractivity contribution in [3.63, 3.8) is 0 Å². The third kappa shape index (κ3) is 15.5. The molecule has 23 heteroatoms. The fraction of sp³-hybridized carbons (Fsp3) is 0.0172. The number of nitrogens with two attached hydrogens (primary N) is 1. The number of rotatable bonds is 11. The first-order valence-corrected chi connectivity index (χ1v) is 26.8. The zero-order valence-electron chi connectivity index (χ0n) is 40.8. The Balaban J connectivity index is 0.000000152. The van der Waals surface area contributed by atoms with Gasteiger partial charge >= 0.3 is 5.97 Å². The number of carboxylic acid groups (broad SMARTS) is 1. The molecule has 0 spiro atoms. The Labute approximate surface area is 494 Å². The number of oxazole rings is 3. The van der Waals surface area contributed by atoms with Crippen LogP contribution in [0.15, 0.2) is 222 Å². The molecule has 0 atom stereocenters. The molecule has 0 aliphatic rings. The van der Waals surface area contributed by atoms with E-state index in [0.717, 1.165) is 64.0 Å². The van der Waals surface area contributed by atoms with Crippen molar-refractivity contribution in [2.24, 2.45) is 0 Å². The zero-order chi connectivity index (χ0) is 56.3. The molecule has 0 bridgehead atoms. The number of hydrogen-bond donors (Lipinski definition) is 5. The van der Waals surface area contributed by atoms with Crippen LogP contribution < -0.4 is 11.1 Å². The molecule has 0 radical (unpaired) electrons. The summed E-state index contributed by atoms with van der Waals surface area (Å²) in [5, 5.41) is 26.9. The summed E-state index contributed by atoms with van der Waals surface area (Å²) in [5.74, 6) is 0.760. The van der Waals surface area contributed by atoms with E-state index in [2.05, 4.69) is 30.2 Å². The van der Waals surface area contributed by atoms with Crippen molar-refractivity contribution in [2.75, 3.05) is 11.1 Å². The average Bonchev–Trinajstić information content (AvgIpc) is 4.33. The first kappa shape index (κ1) is 58.7. The number of benzene rings is 7. The number of non-ortho nitro benzene ring substituents is 1. The fourth-order valence-electron chi connectivity index (χ4n) is 7.44. The van der Waals surface area contributed by atoms with E-state index in [-0.39, 0.29) is 24.7 Å². The van der Waals surface area contributed by atoms with Crippen molar-refractivity contribution >= 4 is 132 Å². The summed E-state index contributed by atoms with van der Waals surface area (Å²) < 4.78 is 15.4. The van der Waals surface area contributed by atoms with Gasteiger partial charge in [-0.1, -0.05) is 89.0 Å². The summed E-state index contributed by atoms with van der Waals surface area (Å²) in [4.78, 5) is 55.0. The number of aromatic carboxylic acids is 1. The molecule has 408 valence electrons. The van der Waals surface area contributed by atoms with E-state index in [4.69, 9.17) is 82.1 Å². The number of nitro groups is 1. The molecule has 5 aromatic heterocycles. The molecule has 7 aromatic carbocycles. The van der Waals surface area contributed by atoms with Gasteiger partial charge in [-0.2, -0.15) is 0 Å². The second-order valence-electron chi connectivity index (χ2n) is 16.7. The maximum Gasteiger partial charge on any atom is 0.352 e. The Bertz CT molecular complexity index is 4070. The first-order valence-electron chi connectivity index (χ1n) is 23.2. The maximum absolute atomic E-state index is 12.9. The molecular formula is C58H41Cl5N8O8S2. The topological polar surface area (TPSA) is 245 Å². The van der Waals surface area contributed by atoms with E-state index >= 15 is 0 Å². The molecule has 0 aliphatic heterocycles. The van der Waals surface area contributed by atoms with Crippen LogP contribution in [0.2, 0.25) is 25.1 Å². The third-order valence-corrected chi connectivity index (χ3v) is 14.8. The number of aromatic amines is 2. The standard InChI is InChI=1S/C24H15Cl2N3O2S.C15H8Cl3NO2S.C9H6N2O3.C9H8N2O.CH4/c25-15-3-7-18(8-4-15)32-23-10-16(26)9-20-19(23)11-21(29-20)24(30)28-17-5-1-14(2-6-17)22-12-27-13-31-22;16-7-1-2-13(10(18)3-7)22-14-5-8(17)4-11-9(14)6-12(19-11)15(20)21;12-11(13)8-3-1-7(2-4-8)9-5-10-6-14-9;10-8-3-1-7(2-4-8)9-5-11-6-12-9;/h1-13,29H,(H,28,30);1-6,19H,(H,20,21);1-6H;1-6H,10H2;1H4. The molecule has 5 heterocycles. The number of H-pyrrole nitrogens is 2. The molecule has 0 aliphatic carbocycles. The average molecular weight is 1220 g/mol. The number of carbonyl (C=O) groups is 2. The van der Waals surface area contributed by atoms with Crippen LogP contribution >= 0.6 is 81.5 Å². The molecule has 0 fully saturated rings. The molecule has 12 rings (SSSR count). The van der Waals surface area contributed by atoms with Crippen molar-refractivity contribution in [1.82, 2.24) is 24.9 Å². The maximum atomic E-state index is 12.9. The van der Waals surface area contributed by atoms with Gasteiger partial charge in [0.05, 0.1) is 28.5 Å². The highest BCUT2D eigenvalue weighted by molar-refractivity contribution is 8.00. The highest BCUT2D eigenvalue weighted by Crippen LogP contribution is 2.41. The van der Waals surface area contributed by atoms with Crippen LogP contribution in [0.5, 0.6) is 0 Å². The second kappa shape index (κ2) is 27.1. The molecule has 0 saturated carbocycles. The lowest BCUT2D eigenvalue weighted by molar-refractivity contribution is -0.384. The number of nitrogens with one attached hydrogen (secondary N) is 3. The quantitative estimate of drug-likeness (QED) is 0.0459. The minimum atomic E-state index is -1.02. The van der Waals surface area contributed by atoms with Crippen LogP contribution in [-0.2, 0) is 0 Å². The first-order chi connectivity index (χ1) is 38.6. The predicted molar refractivity (Wildman–Crippen MR) is 321 cm³/mol. The highest BCUT2D eigenvalue weighted by atomic mass is 35.5. The van der Waals surface area contributed by atoms with Gasteiger partial charge in [0.25, 0.3) is 11.6 Å². The molecular weight excluding hydrogens is 1180 g/mol. The minimum absolute atomic E-state index is 0. The zero-order valence-corrected chi connectivity index (χ0v) is 46.2. The summed E-state index contributed by atoms with van der Waals surface area (Å²) in [6.07, 6.45) is 8.98. The smallest absolute Gasteiger partial charge is 0.352 e. The Morgan fingerprint density at radius 3 is 1.51 bits per heavy atom. The highest BCUT2D eigenvalue weighted by Gasteiger charge is 2.17. The van der Waals surface area contributed by atoms with Crippen LogP contribution in [0.25, 0.3) is 55.8 Å². The van der Waals surface area contributed by atoms with Gasteiger partial charge in [0.1, 0.15) is 11.4 Å². The largest absolute Gasteiger partial charge is 0.477 e. The number of nitrogen functional groups attached to an aromatic ring is 1. The van der Waals surface area contributed by atoms with E-state index in [1.807, 2.05) is 97.1 Å². The van der Waals surface area contributed by atoms with Crippen LogP contribution in [0.3, 0.4) is 0 Å². The fourth-order valence-corrected chi connectivity index (χ4v) is 10.6. The van der Waals surface area contributed by atoms with Crippen LogP contribution in [0.1, 0.15) is 28.4 Å². The summed E-state index contributed by atoms with van der Waals surface area (Å²) in [6, 6.07) is 44.3. The molecule has 16 nitrogen and oxygen atoms in total. The number of anilines is 2. The van der Waals surface area contributed by atoms with Gasteiger partial charge in [0, 0.05) is 102 Å². The SMILES string of the molecule is C.Nc1ccc(-c2cnco2)cc1.O=C(Nc1ccc(-c2cnco2)cc1)c1cc2c(Sc3ccc(Cl)cc3)cc(Cl)cc2[nH]1.O=C(O)c1cc2c(Sc3ccc(Cl)cc3Cl)cc(Cl)cc2[nH]1.O=[N+]([O-])c1ccc(-c2cnco2)cc1. The minimum Gasteiger partial charge on any atom is -0.477 e. The number of amides is 1. The van der Waals surface area contributed by atoms with Gasteiger partial charge in [-0.3, -0.25) is 14.9 Å². The van der Waals surface area contributed by atoms with E-state index < -0.39 is 10.9 Å². The predicted octanol–water partition coefficient (Wildman–Crippen LogP) is 18.3. The van der Waals surface area contributed by atoms with Crippen molar-refractivity contribution in [1.29, 1.82) is 0 Å². The lowest BCUT2D eigenvalue weighted by atomic mass is 10.1. The van der Waals surface area contributed by atoms with Gasteiger partial charge in [-0.25, -0.2) is 19.7 Å². The number of carbonyl (C=O) groups excluding carboxylic acids is 1. The van der Waals surface area contributed by atoms with Gasteiger partial charge in [0.15, 0.2) is 36.5 Å². The van der Waals surface area contributed by atoms with Gasteiger partial charge < -0.3 is 39.4 Å². The number of nitrogens with zero attached hydrogens (tertiary/aromatic N) is 4. The Kier molecular flexibility index (Phi) is 19.7. The van der Waals surface area contributed by atoms with Crippen molar-refractivity contribution < 1.29 is 32.9 Å². The second-order valence-corrected chi connectivity index (χ2v) is 21.0. The molecule has 0 saturated heterocycles. The van der Waals surface area contributed by atoms with Crippen molar-refractivity contribution in [3.05, 3.63) is 236 Å². The van der Waals surface area contributed by atoms with Crippen molar-refractivity contribution in [3.8, 4) is 34.0 Å². The Morgan fingerprint density at radius 2 is 1.02 bits per heavy atom. The van der Waals surface area contributed by atoms with E-state index in [1.54, 1.807) is 72.8 Å². The number of halogens is 5. The molecule has 0 unspecified atom stereocenters.